The fourth-order valence-corrected chi connectivity index (χ4v) is 1.27. The molecule has 0 spiro atoms. The predicted octanol–water partition coefficient (Wildman–Crippen LogP) is 0.392. The van der Waals surface area contributed by atoms with Crippen molar-refractivity contribution in [3.05, 3.63) is 17.5 Å². The third-order valence-corrected chi connectivity index (χ3v) is 2.17. The Bertz CT molecular complexity index is 394. The number of nitrogens with one attached hydrogen (secondary N) is 1. The first-order chi connectivity index (χ1) is 7.16. The van der Waals surface area contributed by atoms with Crippen molar-refractivity contribution in [1.82, 2.24) is 9.97 Å². The van der Waals surface area contributed by atoms with Crippen LogP contribution in [0.5, 0.6) is 0 Å². The smallest absolute Gasteiger partial charge is 0.325 e. The van der Waals surface area contributed by atoms with E-state index in [1.165, 1.54) is 6.92 Å². The summed E-state index contributed by atoms with van der Waals surface area (Å²) in [4.78, 5) is 18.8. The first kappa shape index (κ1) is 9.85. The van der Waals surface area contributed by atoms with Crippen molar-refractivity contribution in [3.63, 3.8) is 0 Å². The van der Waals surface area contributed by atoms with Gasteiger partial charge in [0.1, 0.15) is 6.04 Å². The predicted molar refractivity (Wildman–Crippen MR) is 51.2 cm³/mol. The van der Waals surface area contributed by atoms with Gasteiger partial charge < -0.3 is 15.2 Å². The van der Waals surface area contributed by atoms with Gasteiger partial charge in [0.25, 0.3) is 0 Å². The van der Waals surface area contributed by atoms with Gasteiger partial charge in [-0.3, -0.25) is 4.79 Å². The molecular formula is C9H11N3O3. The molecule has 0 saturated carbocycles. The summed E-state index contributed by atoms with van der Waals surface area (Å²) in [5.74, 6) is -0.607. The second-order valence-electron chi connectivity index (χ2n) is 3.36. The van der Waals surface area contributed by atoms with Crippen LogP contribution in [0.25, 0.3) is 0 Å². The highest BCUT2D eigenvalue weighted by Gasteiger charge is 2.16. The average molecular weight is 209 g/mol. The zero-order valence-corrected chi connectivity index (χ0v) is 8.23. The van der Waals surface area contributed by atoms with Crippen molar-refractivity contribution in [2.24, 2.45) is 0 Å². The highest BCUT2D eigenvalue weighted by atomic mass is 16.5. The number of nitrogens with zero attached hydrogens (tertiary/aromatic N) is 2. The molecule has 0 saturated heterocycles. The van der Waals surface area contributed by atoms with E-state index >= 15 is 0 Å². The van der Waals surface area contributed by atoms with Crippen molar-refractivity contribution in [2.45, 2.75) is 26.2 Å². The summed E-state index contributed by atoms with van der Waals surface area (Å²) < 4.78 is 5.18. The quantitative estimate of drug-likeness (QED) is 0.749. The number of aliphatic carboxylic acids is 1. The lowest BCUT2D eigenvalue weighted by Gasteiger charge is -2.09. The summed E-state index contributed by atoms with van der Waals surface area (Å²) in [6.45, 7) is 2.54. The number of rotatable bonds is 3. The summed E-state index contributed by atoms with van der Waals surface area (Å²) in [6.07, 6.45) is 1.66. The number of anilines is 1. The molecule has 1 aliphatic rings. The second-order valence-corrected chi connectivity index (χ2v) is 3.36. The molecule has 1 aliphatic heterocycles. The van der Waals surface area contributed by atoms with Crippen LogP contribution in [-0.2, 0) is 22.7 Å². The van der Waals surface area contributed by atoms with E-state index < -0.39 is 12.0 Å². The van der Waals surface area contributed by atoms with Crippen molar-refractivity contribution in [3.8, 4) is 0 Å². The fourth-order valence-electron chi connectivity index (χ4n) is 1.27. The minimum Gasteiger partial charge on any atom is -0.480 e. The lowest BCUT2D eigenvalue weighted by Crippen LogP contribution is -2.26. The first-order valence-corrected chi connectivity index (χ1v) is 4.58. The van der Waals surface area contributed by atoms with Crippen LogP contribution < -0.4 is 5.32 Å². The normalized spacial score (nSPS) is 15.8. The van der Waals surface area contributed by atoms with Crippen LogP contribution in [0.1, 0.15) is 18.2 Å². The minimum atomic E-state index is -0.935. The Kier molecular flexibility index (Phi) is 2.51. The molecule has 1 atom stereocenters. The number of carbonyl (C=O) groups is 1. The zero-order valence-electron chi connectivity index (χ0n) is 8.23. The van der Waals surface area contributed by atoms with Gasteiger partial charge in [-0.15, -0.1) is 0 Å². The molecule has 1 aromatic heterocycles. The van der Waals surface area contributed by atoms with Gasteiger partial charge in [-0.25, -0.2) is 9.97 Å². The summed E-state index contributed by atoms with van der Waals surface area (Å²) >= 11 is 0. The summed E-state index contributed by atoms with van der Waals surface area (Å²) in [5.41, 5.74) is 1.79. The van der Waals surface area contributed by atoms with Crippen molar-refractivity contribution < 1.29 is 14.6 Å². The largest absolute Gasteiger partial charge is 0.480 e. The molecule has 0 bridgehead atoms. The van der Waals surface area contributed by atoms with E-state index in [1.807, 2.05) is 0 Å². The number of aromatic nitrogens is 2. The number of hydrogen-bond donors (Lipinski definition) is 2. The fraction of sp³-hybridized carbons (Fsp3) is 0.444. The van der Waals surface area contributed by atoms with Crippen molar-refractivity contribution >= 4 is 11.9 Å². The summed E-state index contributed by atoms with van der Waals surface area (Å²) in [6, 6.07) is -0.703. The van der Waals surface area contributed by atoms with Crippen LogP contribution in [0.2, 0.25) is 0 Å². The van der Waals surface area contributed by atoms with E-state index in [2.05, 4.69) is 15.3 Å². The van der Waals surface area contributed by atoms with Gasteiger partial charge in [0.15, 0.2) is 0 Å². The molecule has 2 heterocycles. The van der Waals surface area contributed by atoms with E-state index in [0.717, 1.165) is 11.3 Å². The molecule has 6 nitrogen and oxygen atoms in total. The SMILES string of the molecule is CC(Nc1ncc2c(n1)COC2)C(=O)O. The van der Waals surface area contributed by atoms with Crippen LogP contribution in [0.15, 0.2) is 6.20 Å². The number of ether oxygens (including phenoxy) is 1. The number of carboxylic acids is 1. The molecule has 0 radical (unpaired) electrons. The maximum atomic E-state index is 10.6. The number of hydrogen-bond acceptors (Lipinski definition) is 5. The van der Waals surface area contributed by atoms with Crippen molar-refractivity contribution in [1.29, 1.82) is 0 Å². The van der Waals surface area contributed by atoms with Gasteiger partial charge in [0, 0.05) is 11.8 Å². The summed E-state index contributed by atoms with van der Waals surface area (Å²) in [7, 11) is 0. The van der Waals surface area contributed by atoms with Crippen LogP contribution in [0.4, 0.5) is 5.95 Å². The van der Waals surface area contributed by atoms with E-state index in [-0.39, 0.29) is 0 Å². The maximum absolute atomic E-state index is 10.6. The Labute approximate surface area is 86.3 Å². The van der Waals surface area contributed by atoms with E-state index in [0.29, 0.717) is 19.2 Å². The van der Waals surface area contributed by atoms with Crippen LogP contribution in [0.3, 0.4) is 0 Å². The molecule has 0 fully saturated rings. The van der Waals surface area contributed by atoms with Gasteiger partial charge >= 0.3 is 5.97 Å². The average Bonchev–Trinajstić information content (AvgIpc) is 2.64. The molecule has 0 aromatic carbocycles. The standard InChI is InChI=1S/C9H11N3O3/c1-5(8(13)14)11-9-10-2-6-3-15-4-7(6)12-9/h2,5H,3-4H2,1H3,(H,13,14)(H,10,11,12). The monoisotopic (exact) mass is 209 g/mol. The summed E-state index contributed by atoms with van der Waals surface area (Å²) in [5, 5.41) is 11.4. The molecule has 15 heavy (non-hydrogen) atoms. The molecule has 1 unspecified atom stereocenters. The Hall–Kier alpha value is -1.69. The molecule has 2 N–H and O–H groups in total. The number of carboxylic acid groups (broad SMARTS) is 1. The molecule has 1 aromatic rings. The van der Waals surface area contributed by atoms with Gasteiger partial charge in [0.05, 0.1) is 18.9 Å². The third-order valence-electron chi connectivity index (χ3n) is 2.17. The van der Waals surface area contributed by atoms with E-state index in [1.54, 1.807) is 6.20 Å². The molecule has 6 heteroatoms. The van der Waals surface area contributed by atoms with E-state index in [4.69, 9.17) is 9.84 Å². The molecule has 2 rings (SSSR count). The van der Waals surface area contributed by atoms with Crippen LogP contribution >= 0.6 is 0 Å². The van der Waals surface area contributed by atoms with Crippen LogP contribution in [-0.4, -0.2) is 27.1 Å². The lowest BCUT2D eigenvalue weighted by molar-refractivity contribution is -0.137. The zero-order chi connectivity index (χ0) is 10.8. The number of fused-ring (bicyclic) bond motifs is 1. The van der Waals surface area contributed by atoms with Gasteiger partial charge in [0.2, 0.25) is 5.95 Å². The molecule has 80 valence electrons. The Morgan fingerprint density at radius 1 is 1.67 bits per heavy atom. The lowest BCUT2D eigenvalue weighted by atomic mass is 10.3. The van der Waals surface area contributed by atoms with Crippen molar-refractivity contribution in [2.75, 3.05) is 5.32 Å². The molecule has 0 aliphatic carbocycles. The first-order valence-electron chi connectivity index (χ1n) is 4.58. The Morgan fingerprint density at radius 2 is 2.47 bits per heavy atom. The Balaban J connectivity index is 2.13. The third kappa shape index (κ3) is 2.04. The molecule has 0 amide bonds. The minimum absolute atomic E-state index is 0.328. The van der Waals surface area contributed by atoms with E-state index in [9.17, 15) is 4.79 Å². The highest BCUT2D eigenvalue weighted by molar-refractivity contribution is 5.75. The Morgan fingerprint density at radius 3 is 3.20 bits per heavy atom. The topological polar surface area (TPSA) is 84.3 Å². The van der Waals surface area contributed by atoms with Gasteiger partial charge in [-0.1, -0.05) is 0 Å². The van der Waals surface area contributed by atoms with Gasteiger partial charge in [-0.05, 0) is 6.92 Å². The second kappa shape index (κ2) is 3.82. The van der Waals surface area contributed by atoms with Crippen LogP contribution in [0, 0.1) is 0 Å². The highest BCUT2D eigenvalue weighted by Crippen LogP contribution is 2.17. The molecular weight excluding hydrogens is 198 g/mol. The maximum Gasteiger partial charge on any atom is 0.325 e. The van der Waals surface area contributed by atoms with Gasteiger partial charge in [-0.2, -0.15) is 0 Å².